The Morgan fingerprint density at radius 3 is 2.83 bits per heavy atom. The Morgan fingerprint density at radius 2 is 2.00 bits per heavy atom. The second-order valence-electron chi connectivity index (χ2n) is 5.08. The molecule has 1 amide bonds. The molecule has 0 aliphatic rings. The number of halogens is 1. The lowest BCUT2D eigenvalue weighted by molar-refractivity contribution is -0.147. The van der Waals surface area contributed by atoms with E-state index < -0.39 is 24.3 Å². The van der Waals surface area contributed by atoms with E-state index >= 15 is 0 Å². The molecule has 0 aliphatic heterocycles. The highest BCUT2D eigenvalue weighted by molar-refractivity contribution is 5.92. The van der Waals surface area contributed by atoms with Gasteiger partial charge in [0, 0.05) is 5.69 Å². The highest BCUT2D eigenvalue weighted by atomic mass is 19.1. The van der Waals surface area contributed by atoms with E-state index in [2.05, 4.69) is 10.3 Å². The second kappa shape index (κ2) is 6.91. The maximum absolute atomic E-state index is 13.0. The molecule has 1 heterocycles. The third-order valence-corrected chi connectivity index (χ3v) is 3.30. The van der Waals surface area contributed by atoms with Crippen molar-refractivity contribution in [1.82, 2.24) is 9.55 Å². The lowest BCUT2D eigenvalue weighted by Gasteiger charge is -2.07. The van der Waals surface area contributed by atoms with Crippen LogP contribution in [0, 0.1) is 5.82 Å². The van der Waals surface area contributed by atoms with Crippen LogP contribution >= 0.6 is 0 Å². The Balaban J connectivity index is 1.53. The van der Waals surface area contributed by atoms with E-state index in [4.69, 9.17) is 4.74 Å². The van der Waals surface area contributed by atoms with Crippen molar-refractivity contribution in [2.24, 2.45) is 0 Å². The molecule has 3 rings (SSSR count). The zero-order valence-corrected chi connectivity index (χ0v) is 12.6. The van der Waals surface area contributed by atoms with Gasteiger partial charge in [0.1, 0.15) is 12.4 Å². The van der Waals surface area contributed by atoms with Crippen LogP contribution in [0.25, 0.3) is 11.0 Å². The van der Waals surface area contributed by atoms with Gasteiger partial charge in [0.15, 0.2) is 6.61 Å². The van der Waals surface area contributed by atoms with Crippen LogP contribution in [0.5, 0.6) is 0 Å². The molecule has 0 atom stereocenters. The molecule has 0 fully saturated rings. The fourth-order valence-electron chi connectivity index (χ4n) is 2.23. The van der Waals surface area contributed by atoms with E-state index in [9.17, 15) is 14.0 Å². The number of nitrogens with zero attached hydrogens (tertiary/aromatic N) is 2. The number of nitrogens with one attached hydrogen (secondary N) is 1. The van der Waals surface area contributed by atoms with Crippen LogP contribution < -0.4 is 5.32 Å². The van der Waals surface area contributed by atoms with E-state index in [1.54, 1.807) is 17.0 Å². The number of hydrogen-bond donors (Lipinski definition) is 1. The standard InChI is InChI=1S/C17H14FN3O3/c18-12-4-3-5-13(8-12)20-16(22)10-24-17(23)9-21-11-19-14-6-1-2-7-15(14)21/h1-8,11H,9-10H2,(H,20,22). The lowest BCUT2D eigenvalue weighted by atomic mass is 10.3. The molecule has 6 nitrogen and oxygen atoms in total. The number of rotatable bonds is 5. The van der Waals surface area contributed by atoms with Crippen molar-refractivity contribution in [3.05, 3.63) is 60.7 Å². The Morgan fingerprint density at radius 1 is 1.17 bits per heavy atom. The van der Waals surface area contributed by atoms with Crippen LogP contribution in [0.15, 0.2) is 54.9 Å². The predicted octanol–water partition coefficient (Wildman–Crippen LogP) is 2.36. The molecule has 0 saturated heterocycles. The molecule has 1 N–H and O–H groups in total. The van der Waals surface area contributed by atoms with Gasteiger partial charge in [-0.2, -0.15) is 0 Å². The molecule has 24 heavy (non-hydrogen) atoms. The Bertz CT molecular complexity index is 891. The number of carbonyl (C=O) groups excluding carboxylic acids is 2. The largest absolute Gasteiger partial charge is 0.454 e. The summed E-state index contributed by atoms with van der Waals surface area (Å²) in [6, 6.07) is 12.8. The molecule has 1 aromatic heterocycles. The molecule has 122 valence electrons. The summed E-state index contributed by atoms with van der Waals surface area (Å²) in [6.45, 7) is -0.490. The number of carbonyl (C=O) groups is 2. The van der Waals surface area contributed by atoms with Crippen LogP contribution in [0.4, 0.5) is 10.1 Å². The normalized spacial score (nSPS) is 10.5. The van der Waals surface area contributed by atoms with Crippen molar-refractivity contribution in [1.29, 1.82) is 0 Å². The van der Waals surface area contributed by atoms with Crippen molar-refractivity contribution in [3.8, 4) is 0 Å². The highest BCUT2D eigenvalue weighted by Crippen LogP contribution is 2.12. The van der Waals surface area contributed by atoms with Gasteiger partial charge in [0.05, 0.1) is 17.4 Å². The molecule has 3 aromatic rings. The van der Waals surface area contributed by atoms with Crippen molar-refractivity contribution in [3.63, 3.8) is 0 Å². The van der Waals surface area contributed by atoms with Gasteiger partial charge in [-0.1, -0.05) is 18.2 Å². The monoisotopic (exact) mass is 327 g/mol. The summed E-state index contributed by atoms with van der Waals surface area (Å²) in [5, 5.41) is 2.45. The minimum Gasteiger partial charge on any atom is -0.454 e. The fourth-order valence-corrected chi connectivity index (χ4v) is 2.23. The average molecular weight is 327 g/mol. The topological polar surface area (TPSA) is 73.2 Å². The summed E-state index contributed by atoms with van der Waals surface area (Å²) in [4.78, 5) is 27.7. The number of hydrogen-bond acceptors (Lipinski definition) is 4. The SMILES string of the molecule is O=C(COC(=O)Cn1cnc2ccccc21)Nc1cccc(F)c1. The van der Waals surface area contributed by atoms with Gasteiger partial charge in [-0.25, -0.2) is 9.37 Å². The summed E-state index contributed by atoms with van der Waals surface area (Å²) in [6.07, 6.45) is 1.54. The molecule has 0 saturated carbocycles. The number of aromatic nitrogens is 2. The fraction of sp³-hybridized carbons (Fsp3) is 0.118. The van der Waals surface area contributed by atoms with Crippen LogP contribution in [0.3, 0.4) is 0 Å². The smallest absolute Gasteiger partial charge is 0.326 e. The van der Waals surface area contributed by atoms with E-state index in [0.717, 1.165) is 11.0 Å². The number of esters is 1. The number of anilines is 1. The summed E-state index contributed by atoms with van der Waals surface area (Å²) in [5.74, 6) is -1.56. The molecule has 0 radical (unpaired) electrons. The Hall–Kier alpha value is -3.22. The zero-order valence-electron chi connectivity index (χ0n) is 12.6. The van der Waals surface area contributed by atoms with Crippen LogP contribution in [-0.2, 0) is 20.9 Å². The third kappa shape index (κ3) is 3.75. The van der Waals surface area contributed by atoms with Crippen LogP contribution in [0.1, 0.15) is 0 Å². The molecular weight excluding hydrogens is 313 g/mol. The molecule has 0 bridgehead atoms. The maximum Gasteiger partial charge on any atom is 0.326 e. The molecular formula is C17H14FN3O3. The third-order valence-electron chi connectivity index (χ3n) is 3.30. The number of ether oxygens (including phenoxy) is 1. The second-order valence-corrected chi connectivity index (χ2v) is 5.08. The van der Waals surface area contributed by atoms with Crippen molar-refractivity contribution in [2.75, 3.05) is 11.9 Å². The van der Waals surface area contributed by atoms with Gasteiger partial charge in [0.2, 0.25) is 0 Å². The molecule has 7 heteroatoms. The van der Waals surface area contributed by atoms with E-state index in [0.29, 0.717) is 5.69 Å². The van der Waals surface area contributed by atoms with Crippen molar-refractivity contribution < 1.29 is 18.7 Å². The van der Waals surface area contributed by atoms with Crippen LogP contribution in [0.2, 0.25) is 0 Å². The first-order valence-electron chi connectivity index (χ1n) is 7.23. The van der Waals surface area contributed by atoms with Gasteiger partial charge in [0.25, 0.3) is 5.91 Å². The zero-order chi connectivity index (χ0) is 16.9. The lowest BCUT2D eigenvalue weighted by Crippen LogP contribution is -2.22. The Kier molecular flexibility index (Phi) is 4.51. The summed E-state index contributed by atoms with van der Waals surface area (Å²) >= 11 is 0. The van der Waals surface area contributed by atoms with Gasteiger partial charge < -0.3 is 14.6 Å². The van der Waals surface area contributed by atoms with Gasteiger partial charge >= 0.3 is 5.97 Å². The van der Waals surface area contributed by atoms with E-state index in [1.807, 2.05) is 24.3 Å². The highest BCUT2D eigenvalue weighted by Gasteiger charge is 2.11. The van der Waals surface area contributed by atoms with Crippen molar-refractivity contribution >= 4 is 28.6 Å². The van der Waals surface area contributed by atoms with Crippen LogP contribution in [-0.4, -0.2) is 28.0 Å². The number of benzene rings is 2. The maximum atomic E-state index is 13.0. The number of para-hydroxylation sites is 2. The predicted molar refractivity (Wildman–Crippen MR) is 85.7 cm³/mol. The average Bonchev–Trinajstić information content (AvgIpc) is 2.96. The van der Waals surface area contributed by atoms with E-state index in [1.165, 1.54) is 18.2 Å². The molecule has 2 aromatic carbocycles. The van der Waals surface area contributed by atoms with Gasteiger partial charge in [-0.05, 0) is 30.3 Å². The minimum atomic E-state index is -0.562. The summed E-state index contributed by atoms with van der Waals surface area (Å²) in [7, 11) is 0. The molecule has 0 spiro atoms. The van der Waals surface area contributed by atoms with Gasteiger partial charge in [-0.15, -0.1) is 0 Å². The Labute approximate surface area is 136 Å². The first-order valence-corrected chi connectivity index (χ1v) is 7.23. The number of imidazole rings is 1. The number of fused-ring (bicyclic) bond motifs is 1. The minimum absolute atomic E-state index is 0.0479. The molecule has 0 aliphatic carbocycles. The molecule has 0 unspecified atom stereocenters. The quantitative estimate of drug-likeness (QED) is 0.730. The first-order chi connectivity index (χ1) is 11.6. The first kappa shape index (κ1) is 15.7. The summed E-state index contributed by atoms with van der Waals surface area (Å²) < 4.78 is 19.6. The number of amides is 1. The van der Waals surface area contributed by atoms with Crippen molar-refractivity contribution in [2.45, 2.75) is 6.54 Å². The summed E-state index contributed by atoms with van der Waals surface area (Å²) in [5.41, 5.74) is 1.88. The van der Waals surface area contributed by atoms with Gasteiger partial charge in [-0.3, -0.25) is 9.59 Å². The van der Waals surface area contributed by atoms with E-state index in [-0.39, 0.29) is 6.54 Å².